The summed E-state index contributed by atoms with van der Waals surface area (Å²) in [5.74, 6) is -0.276. The van der Waals surface area contributed by atoms with Crippen LogP contribution in [0.25, 0.3) is 11.0 Å². The summed E-state index contributed by atoms with van der Waals surface area (Å²) < 4.78 is 4.14. The smallest absolute Gasteiger partial charge is 0.303 e. The van der Waals surface area contributed by atoms with E-state index in [9.17, 15) is 9.90 Å². The maximum absolute atomic E-state index is 10.9. The number of rotatable bonds is 8. The van der Waals surface area contributed by atoms with Gasteiger partial charge >= 0.3 is 5.97 Å². The molecule has 1 aromatic heterocycles. The van der Waals surface area contributed by atoms with E-state index >= 15 is 0 Å². The summed E-state index contributed by atoms with van der Waals surface area (Å²) in [7, 11) is 1.97. The first-order valence-corrected chi connectivity index (χ1v) is 14.2. The third-order valence-electron chi connectivity index (χ3n) is 7.75. The molecule has 0 bridgehead atoms. The quantitative estimate of drug-likeness (QED) is 0.232. The molecule has 5 rings (SSSR count). The topological polar surface area (TPSA) is 79.8 Å². The van der Waals surface area contributed by atoms with Gasteiger partial charge in [0, 0.05) is 13.5 Å². The van der Waals surface area contributed by atoms with Crippen molar-refractivity contribution in [2.24, 2.45) is 12.0 Å². The molecule has 6 nitrogen and oxygen atoms in total. The van der Waals surface area contributed by atoms with Crippen LogP contribution in [0.1, 0.15) is 73.7 Å². The van der Waals surface area contributed by atoms with Crippen molar-refractivity contribution in [3.63, 3.8) is 0 Å². The third kappa shape index (κ3) is 6.24. The van der Waals surface area contributed by atoms with Crippen LogP contribution in [0.3, 0.4) is 0 Å². The van der Waals surface area contributed by atoms with E-state index in [1.807, 2.05) is 48.0 Å². The van der Waals surface area contributed by atoms with Crippen molar-refractivity contribution < 1.29 is 15.0 Å². The monoisotopic (exact) mass is 565 g/mol. The predicted octanol–water partition coefficient (Wildman–Crippen LogP) is 7.51. The molecule has 1 saturated carbocycles. The second-order valence-corrected chi connectivity index (χ2v) is 11.2. The van der Waals surface area contributed by atoms with Crippen molar-refractivity contribution in [2.75, 3.05) is 0 Å². The Morgan fingerprint density at radius 2 is 1.62 bits per heavy atom. The van der Waals surface area contributed by atoms with E-state index in [2.05, 4.69) is 28.8 Å². The zero-order chi connectivity index (χ0) is 27.5. The van der Waals surface area contributed by atoms with Crippen molar-refractivity contribution in [1.29, 1.82) is 0 Å². The van der Waals surface area contributed by atoms with E-state index < -0.39 is 12.1 Å². The van der Waals surface area contributed by atoms with Gasteiger partial charge in [-0.25, -0.2) is 4.99 Å². The van der Waals surface area contributed by atoms with Gasteiger partial charge in [0.1, 0.15) is 0 Å². The van der Waals surface area contributed by atoms with E-state index in [4.69, 9.17) is 33.3 Å². The molecule has 1 aliphatic rings. The van der Waals surface area contributed by atoms with Crippen molar-refractivity contribution in [3.8, 4) is 0 Å². The molecule has 1 aliphatic carbocycles. The summed E-state index contributed by atoms with van der Waals surface area (Å²) >= 11 is 12.8. The minimum Gasteiger partial charge on any atom is -0.481 e. The highest BCUT2D eigenvalue weighted by Gasteiger charge is 2.16. The molecule has 1 heterocycles. The van der Waals surface area contributed by atoms with Crippen LogP contribution >= 0.6 is 23.2 Å². The average Bonchev–Trinajstić information content (AvgIpc) is 3.18. The van der Waals surface area contributed by atoms with Gasteiger partial charge in [-0.05, 0) is 66.1 Å². The number of aryl methyl sites for hydroxylation is 1. The lowest BCUT2D eigenvalue weighted by Gasteiger charge is -2.21. The van der Waals surface area contributed by atoms with Gasteiger partial charge in [-0.15, -0.1) is 0 Å². The molecule has 2 N–H and O–H groups in total. The zero-order valence-electron chi connectivity index (χ0n) is 22.0. The van der Waals surface area contributed by atoms with E-state index in [1.165, 1.54) is 37.7 Å². The second-order valence-electron chi connectivity index (χ2n) is 10.4. The molecule has 0 saturated heterocycles. The van der Waals surface area contributed by atoms with Crippen LogP contribution in [-0.2, 0) is 18.4 Å². The fraction of sp³-hybridized carbons (Fsp3) is 0.355. The summed E-state index contributed by atoms with van der Waals surface area (Å²) in [4.78, 5) is 15.9. The highest BCUT2D eigenvalue weighted by Crippen LogP contribution is 2.33. The molecule has 3 aromatic carbocycles. The average molecular weight is 567 g/mol. The SMILES string of the molecule is Cn1c(=Nc2ccc(C3CCCCC3)cc2)n(Cc2ccc(C(O)CCC(=O)O)cc2)c2cc(Cl)c(Cl)cc21. The molecule has 0 aliphatic heterocycles. The van der Waals surface area contributed by atoms with Gasteiger partial charge in [-0.2, -0.15) is 0 Å². The molecule has 1 unspecified atom stereocenters. The number of carboxylic acids is 1. The number of fused-ring (bicyclic) bond motifs is 1. The van der Waals surface area contributed by atoms with Crippen molar-refractivity contribution in [3.05, 3.63) is 93.0 Å². The number of aliphatic hydroxyl groups excluding tert-OH is 1. The molecular formula is C31H33Cl2N3O3. The van der Waals surface area contributed by atoms with Gasteiger partial charge in [-0.1, -0.05) is 78.9 Å². The number of imidazole rings is 1. The van der Waals surface area contributed by atoms with Gasteiger partial charge < -0.3 is 19.3 Å². The van der Waals surface area contributed by atoms with Crippen LogP contribution in [0.4, 0.5) is 5.69 Å². The lowest BCUT2D eigenvalue weighted by Crippen LogP contribution is -2.24. The first-order chi connectivity index (χ1) is 18.8. The number of carbonyl (C=O) groups is 1. The summed E-state index contributed by atoms with van der Waals surface area (Å²) in [5.41, 5.74) is 6.57. The lowest BCUT2D eigenvalue weighted by molar-refractivity contribution is -0.137. The molecule has 1 fully saturated rings. The van der Waals surface area contributed by atoms with Crippen LogP contribution in [0.5, 0.6) is 0 Å². The Morgan fingerprint density at radius 3 is 2.26 bits per heavy atom. The molecule has 0 spiro atoms. The standard InChI is InChI=1S/C31H33Cl2N3O3/c1-35-27-17-25(32)26(33)18-28(27)36(19-20-7-9-23(10-8-20)29(37)15-16-30(38)39)31(35)34-24-13-11-22(12-14-24)21-5-3-2-4-6-21/h7-14,17-18,21,29,37H,2-6,15-16,19H2,1H3,(H,38,39). The van der Waals surface area contributed by atoms with E-state index in [-0.39, 0.29) is 12.8 Å². The molecule has 1 atom stereocenters. The Hall–Kier alpha value is -3.06. The Labute approximate surface area is 238 Å². The third-order valence-corrected chi connectivity index (χ3v) is 8.47. The van der Waals surface area contributed by atoms with Gasteiger partial charge in [-0.3, -0.25) is 4.79 Å². The summed E-state index contributed by atoms with van der Waals surface area (Å²) in [6, 6.07) is 19.9. The highest BCUT2D eigenvalue weighted by molar-refractivity contribution is 6.42. The Kier molecular flexibility index (Phi) is 8.46. The van der Waals surface area contributed by atoms with Gasteiger partial charge in [0.25, 0.3) is 0 Å². The highest BCUT2D eigenvalue weighted by atomic mass is 35.5. The van der Waals surface area contributed by atoms with Crippen LogP contribution < -0.4 is 5.62 Å². The molecule has 204 valence electrons. The number of aliphatic carboxylic acids is 1. The number of benzene rings is 3. The maximum Gasteiger partial charge on any atom is 0.303 e. The number of hydrogen-bond acceptors (Lipinski definition) is 3. The molecule has 0 radical (unpaired) electrons. The van der Waals surface area contributed by atoms with E-state index in [0.29, 0.717) is 28.1 Å². The van der Waals surface area contributed by atoms with Crippen molar-refractivity contribution in [1.82, 2.24) is 9.13 Å². The summed E-state index contributed by atoms with van der Waals surface area (Å²) in [6.45, 7) is 0.528. The van der Waals surface area contributed by atoms with Crippen molar-refractivity contribution in [2.45, 2.75) is 63.5 Å². The number of aliphatic hydroxyl groups is 1. The number of halogens is 2. The zero-order valence-corrected chi connectivity index (χ0v) is 23.5. The van der Waals surface area contributed by atoms with Crippen LogP contribution in [0.15, 0.2) is 65.7 Å². The largest absolute Gasteiger partial charge is 0.481 e. The van der Waals surface area contributed by atoms with Crippen molar-refractivity contribution >= 4 is 45.9 Å². The lowest BCUT2D eigenvalue weighted by atomic mass is 9.84. The maximum atomic E-state index is 10.9. The molecule has 4 aromatic rings. The van der Waals surface area contributed by atoms with Crippen LogP contribution in [0.2, 0.25) is 10.0 Å². The molecule has 0 amide bonds. The number of aromatic nitrogens is 2. The molecule has 39 heavy (non-hydrogen) atoms. The molecule has 8 heteroatoms. The van der Waals surface area contributed by atoms with Crippen LogP contribution in [0, 0.1) is 0 Å². The van der Waals surface area contributed by atoms with Gasteiger partial charge in [0.15, 0.2) is 0 Å². The number of hydrogen-bond donors (Lipinski definition) is 2. The second kappa shape index (κ2) is 12.0. The minimum absolute atomic E-state index is 0.0788. The first kappa shape index (κ1) is 27.5. The normalized spacial score (nSPS) is 15.6. The first-order valence-electron chi connectivity index (χ1n) is 13.5. The fourth-order valence-electron chi connectivity index (χ4n) is 5.53. The minimum atomic E-state index is -0.920. The summed E-state index contributed by atoms with van der Waals surface area (Å²) in [5, 5.41) is 20.2. The van der Waals surface area contributed by atoms with E-state index in [1.54, 1.807) is 0 Å². The predicted molar refractivity (Wildman–Crippen MR) is 156 cm³/mol. The Bertz CT molecular complexity index is 1530. The fourth-order valence-corrected chi connectivity index (χ4v) is 5.84. The Morgan fingerprint density at radius 1 is 0.974 bits per heavy atom. The number of nitrogens with zero attached hydrogens (tertiary/aromatic N) is 3. The van der Waals surface area contributed by atoms with E-state index in [0.717, 1.165) is 27.9 Å². The van der Waals surface area contributed by atoms with Gasteiger partial charge in [0.2, 0.25) is 5.62 Å². The molecular weight excluding hydrogens is 533 g/mol. The van der Waals surface area contributed by atoms with Crippen LogP contribution in [-0.4, -0.2) is 25.3 Å². The Balaban J connectivity index is 1.50. The van der Waals surface area contributed by atoms with Gasteiger partial charge in [0.05, 0.1) is 39.4 Å². The number of carboxylic acid groups (broad SMARTS) is 1. The summed E-state index contributed by atoms with van der Waals surface area (Å²) in [6.07, 6.45) is 5.75.